The summed E-state index contributed by atoms with van der Waals surface area (Å²) in [6.45, 7) is 2.92. The van der Waals surface area contributed by atoms with Gasteiger partial charge in [-0.15, -0.1) is 0 Å². The number of hydrogen-bond donors (Lipinski definition) is 1. The molecule has 0 saturated heterocycles. The number of nitrogens with one attached hydrogen (secondary N) is 1. The maximum absolute atomic E-state index is 10.9. The molecule has 0 atom stereocenters. The lowest BCUT2D eigenvalue weighted by Gasteiger charge is -2.07. The van der Waals surface area contributed by atoms with Gasteiger partial charge in [-0.25, -0.2) is 0 Å². The molecule has 0 fully saturated rings. The fraction of sp³-hybridized carbons (Fsp3) is 0.538. The Balaban J connectivity index is 2.37. The van der Waals surface area contributed by atoms with Crippen LogP contribution in [0.2, 0.25) is 0 Å². The highest BCUT2D eigenvalue weighted by Gasteiger charge is 2.14. The molecule has 7 nitrogen and oxygen atoms in total. The van der Waals surface area contributed by atoms with Crippen molar-refractivity contribution in [2.75, 3.05) is 40.6 Å². The Morgan fingerprint density at radius 1 is 1.25 bits per heavy atom. The van der Waals surface area contributed by atoms with Crippen LogP contribution in [-0.2, 0) is 16.0 Å². The normalized spacial score (nSPS) is 10.5. The number of ether oxygens (including phenoxy) is 3. The van der Waals surface area contributed by atoms with Crippen LogP contribution in [-0.4, -0.2) is 45.5 Å². The molecule has 0 radical (unpaired) electrons. The number of rotatable bonds is 10. The van der Waals surface area contributed by atoms with Gasteiger partial charge in [-0.05, 0) is 11.6 Å². The summed E-state index contributed by atoms with van der Waals surface area (Å²) < 4.78 is 15.1. The van der Waals surface area contributed by atoms with E-state index in [1.165, 1.54) is 13.2 Å². The molecule has 0 aromatic heterocycles. The minimum atomic E-state index is -0.448. The van der Waals surface area contributed by atoms with Crippen LogP contribution < -0.4 is 10.1 Å². The Bertz CT molecular complexity index is 425. The molecule has 0 unspecified atom stereocenters. The van der Waals surface area contributed by atoms with Gasteiger partial charge in [0.05, 0.1) is 31.9 Å². The second kappa shape index (κ2) is 9.24. The third kappa shape index (κ3) is 5.52. The molecule has 1 aromatic rings. The van der Waals surface area contributed by atoms with Crippen molar-refractivity contribution in [3.05, 3.63) is 33.9 Å². The molecule has 0 saturated carbocycles. The summed E-state index contributed by atoms with van der Waals surface area (Å²) in [4.78, 5) is 10.4. The van der Waals surface area contributed by atoms with Crippen molar-refractivity contribution in [2.24, 2.45) is 0 Å². The third-order valence-electron chi connectivity index (χ3n) is 2.62. The van der Waals surface area contributed by atoms with Gasteiger partial charge in [-0.2, -0.15) is 0 Å². The average Bonchev–Trinajstić information content (AvgIpc) is 2.46. The quantitative estimate of drug-likeness (QED) is 0.397. The minimum Gasteiger partial charge on any atom is -0.490 e. The first-order chi connectivity index (χ1) is 9.69. The van der Waals surface area contributed by atoms with Gasteiger partial charge in [0.1, 0.15) is 0 Å². The molecular formula is C13H20N2O5. The third-order valence-corrected chi connectivity index (χ3v) is 2.62. The SMILES string of the molecule is COCCOCCNCc1ccc(OC)c([N+](=O)[O-])c1. The predicted molar refractivity (Wildman–Crippen MR) is 74.1 cm³/mol. The van der Waals surface area contributed by atoms with Crippen molar-refractivity contribution in [3.63, 3.8) is 0 Å². The highest BCUT2D eigenvalue weighted by atomic mass is 16.6. The smallest absolute Gasteiger partial charge is 0.311 e. The van der Waals surface area contributed by atoms with Crippen LogP contribution in [0.15, 0.2) is 18.2 Å². The summed E-state index contributed by atoms with van der Waals surface area (Å²) in [7, 11) is 3.04. The number of methoxy groups -OCH3 is 2. The standard InChI is InChI=1S/C13H20N2O5/c1-18-7-8-20-6-5-14-10-11-3-4-13(19-2)12(9-11)15(16)17/h3-4,9,14H,5-8,10H2,1-2H3. The van der Waals surface area contributed by atoms with E-state index in [-0.39, 0.29) is 11.4 Å². The number of hydrogen-bond acceptors (Lipinski definition) is 6. The summed E-state index contributed by atoms with van der Waals surface area (Å²) in [6, 6.07) is 4.91. The van der Waals surface area contributed by atoms with Gasteiger partial charge >= 0.3 is 5.69 Å². The van der Waals surface area contributed by atoms with Crippen LogP contribution in [0.4, 0.5) is 5.69 Å². The number of nitrogens with zero attached hydrogens (tertiary/aromatic N) is 1. The molecule has 0 spiro atoms. The summed E-state index contributed by atoms with van der Waals surface area (Å²) >= 11 is 0. The Morgan fingerprint density at radius 2 is 2.05 bits per heavy atom. The highest BCUT2D eigenvalue weighted by molar-refractivity contribution is 5.48. The van der Waals surface area contributed by atoms with Crippen LogP contribution in [0.3, 0.4) is 0 Å². The van der Waals surface area contributed by atoms with Gasteiger partial charge in [-0.3, -0.25) is 10.1 Å². The van der Waals surface area contributed by atoms with Gasteiger partial charge in [-0.1, -0.05) is 6.07 Å². The lowest BCUT2D eigenvalue weighted by Crippen LogP contribution is -2.20. The molecule has 0 aliphatic heterocycles. The predicted octanol–water partition coefficient (Wildman–Crippen LogP) is 1.36. The van der Waals surface area contributed by atoms with Crippen molar-refractivity contribution in [1.29, 1.82) is 0 Å². The first-order valence-corrected chi connectivity index (χ1v) is 6.27. The van der Waals surface area contributed by atoms with Gasteiger partial charge in [0.15, 0.2) is 5.75 Å². The fourth-order valence-corrected chi connectivity index (χ4v) is 1.61. The van der Waals surface area contributed by atoms with E-state index < -0.39 is 4.92 Å². The molecule has 112 valence electrons. The second-order valence-corrected chi connectivity index (χ2v) is 4.05. The summed E-state index contributed by atoms with van der Waals surface area (Å²) in [5.41, 5.74) is 0.803. The highest BCUT2D eigenvalue weighted by Crippen LogP contribution is 2.27. The maximum atomic E-state index is 10.9. The molecule has 1 aromatic carbocycles. The molecule has 20 heavy (non-hydrogen) atoms. The zero-order valence-electron chi connectivity index (χ0n) is 11.8. The molecule has 0 aliphatic carbocycles. The zero-order chi connectivity index (χ0) is 14.8. The largest absolute Gasteiger partial charge is 0.490 e. The number of nitro benzene ring substituents is 1. The molecule has 1 rings (SSSR count). The van der Waals surface area contributed by atoms with E-state index in [0.717, 1.165) is 5.56 Å². The molecule has 0 amide bonds. The second-order valence-electron chi connectivity index (χ2n) is 4.05. The van der Waals surface area contributed by atoms with Gasteiger partial charge in [0.2, 0.25) is 0 Å². The first-order valence-electron chi connectivity index (χ1n) is 6.27. The van der Waals surface area contributed by atoms with E-state index in [4.69, 9.17) is 14.2 Å². The molecule has 0 aliphatic rings. The maximum Gasteiger partial charge on any atom is 0.311 e. The topological polar surface area (TPSA) is 82.9 Å². The molecular weight excluding hydrogens is 264 g/mol. The summed E-state index contributed by atoms with van der Waals surface area (Å²) in [6.07, 6.45) is 0. The van der Waals surface area contributed by atoms with Crippen molar-refractivity contribution >= 4 is 5.69 Å². The number of benzene rings is 1. The minimum absolute atomic E-state index is 0.0249. The van der Waals surface area contributed by atoms with Gasteiger partial charge in [0, 0.05) is 26.3 Å². The first kappa shape index (κ1) is 16.4. The lowest BCUT2D eigenvalue weighted by molar-refractivity contribution is -0.385. The van der Waals surface area contributed by atoms with Crippen LogP contribution in [0.5, 0.6) is 5.75 Å². The summed E-state index contributed by atoms with van der Waals surface area (Å²) in [5, 5.41) is 14.0. The average molecular weight is 284 g/mol. The van der Waals surface area contributed by atoms with E-state index in [1.54, 1.807) is 19.2 Å². The molecule has 1 N–H and O–H groups in total. The Kier molecular flexibility index (Phi) is 7.56. The van der Waals surface area contributed by atoms with E-state index in [1.807, 2.05) is 0 Å². The Hall–Kier alpha value is -1.70. The van der Waals surface area contributed by atoms with Gasteiger partial charge < -0.3 is 19.5 Å². The summed E-state index contributed by atoms with van der Waals surface area (Å²) in [5.74, 6) is 0.265. The van der Waals surface area contributed by atoms with Crippen molar-refractivity contribution in [3.8, 4) is 5.75 Å². The lowest BCUT2D eigenvalue weighted by atomic mass is 10.2. The molecule has 0 heterocycles. The van der Waals surface area contributed by atoms with Crippen LogP contribution in [0, 0.1) is 10.1 Å². The van der Waals surface area contributed by atoms with Crippen LogP contribution >= 0.6 is 0 Å². The molecule has 0 bridgehead atoms. The van der Waals surface area contributed by atoms with E-state index in [0.29, 0.717) is 32.9 Å². The van der Waals surface area contributed by atoms with Crippen LogP contribution in [0.25, 0.3) is 0 Å². The van der Waals surface area contributed by atoms with E-state index in [9.17, 15) is 10.1 Å². The van der Waals surface area contributed by atoms with E-state index in [2.05, 4.69) is 5.32 Å². The number of nitro groups is 1. The van der Waals surface area contributed by atoms with E-state index >= 15 is 0 Å². The van der Waals surface area contributed by atoms with Crippen molar-refractivity contribution in [2.45, 2.75) is 6.54 Å². The fourth-order valence-electron chi connectivity index (χ4n) is 1.61. The zero-order valence-corrected chi connectivity index (χ0v) is 11.8. The monoisotopic (exact) mass is 284 g/mol. The van der Waals surface area contributed by atoms with Crippen molar-refractivity contribution < 1.29 is 19.1 Å². The van der Waals surface area contributed by atoms with Crippen LogP contribution in [0.1, 0.15) is 5.56 Å². The van der Waals surface area contributed by atoms with Gasteiger partial charge in [0.25, 0.3) is 0 Å². The van der Waals surface area contributed by atoms with Crippen molar-refractivity contribution in [1.82, 2.24) is 5.32 Å². The Labute approximate surface area is 118 Å². The Morgan fingerprint density at radius 3 is 2.70 bits per heavy atom. The molecule has 7 heteroatoms.